The second kappa shape index (κ2) is 19.7. The van der Waals surface area contributed by atoms with Gasteiger partial charge in [0.15, 0.2) is 11.5 Å². The molecule has 3 unspecified atom stereocenters. The SMILES string of the molecule is CCCCC(CC)COc1cc(CO)cc(OCC(CC)CCCC)c1OCC(CC)CCCC. The Morgan fingerprint density at radius 2 is 0.971 bits per heavy atom. The zero-order chi connectivity index (χ0) is 25.9. The van der Waals surface area contributed by atoms with Crippen LogP contribution in [-0.4, -0.2) is 24.9 Å². The standard InChI is InChI=1S/C31H56O4/c1-7-13-16-25(10-4)22-33-29-19-28(21-32)20-30(34-23-26(11-5)17-14-8-2)31(29)35-24-27(12-6)18-15-9-3/h19-20,25-27,32H,7-18,21-24H2,1-6H3. The maximum atomic E-state index is 9.96. The highest BCUT2D eigenvalue weighted by molar-refractivity contribution is 5.54. The Morgan fingerprint density at radius 1 is 0.600 bits per heavy atom. The molecule has 1 aromatic rings. The predicted molar refractivity (Wildman–Crippen MR) is 149 cm³/mol. The van der Waals surface area contributed by atoms with E-state index in [9.17, 15) is 5.11 Å². The Kier molecular flexibility index (Phi) is 17.8. The van der Waals surface area contributed by atoms with Crippen LogP contribution >= 0.6 is 0 Å². The molecule has 0 bridgehead atoms. The molecule has 0 fully saturated rings. The van der Waals surface area contributed by atoms with Gasteiger partial charge in [0.05, 0.1) is 26.4 Å². The summed E-state index contributed by atoms with van der Waals surface area (Å²) in [7, 11) is 0. The maximum absolute atomic E-state index is 9.96. The van der Waals surface area contributed by atoms with Gasteiger partial charge >= 0.3 is 0 Å². The van der Waals surface area contributed by atoms with Crippen LogP contribution in [0.15, 0.2) is 12.1 Å². The highest BCUT2D eigenvalue weighted by Gasteiger charge is 2.20. The van der Waals surface area contributed by atoms with Gasteiger partial charge in [0.1, 0.15) is 0 Å². The molecular weight excluding hydrogens is 436 g/mol. The van der Waals surface area contributed by atoms with Gasteiger partial charge in [-0.2, -0.15) is 0 Å². The van der Waals surface area contributed by atoms with E-state index in [1.165, 1.54) is 57.8 Å². The summed E-state index contributed by atoms with van der Waals surface area (Å²) in [6.45, 7) is 15.4. The summed E-state index contributed by atoms with van der Waals surface area (Å²) in [6.07, 6.45) is 14.1. The molecule has 0 aromatic heterocycles. The van der Waals surface area contributed by atoms with E-state index >= 15 is 0 Å². The summed E-state index contributed by atoms with van der Waals surface area (Å²) in [5, 5.41) is 9.96. The van der Waals surface area contributed by atoms with Gasteiger partial charge in [0, 0.05) is 0 Å². The van der Waals surface area contributed by atoms with Crippen LogP contribution in [0, 0.1) is 17.8 Å². The fourth-order valence-corrected chi connectivity index (χ4v) is 4.39. The lowest BCUT2D eigenvalue weighted by Gasteiger charge is -2.23. The van der Waals surface area contributed by atoms with Crippen molar-refractivity contribution in [2.75, 3.05) is 19.8 Å². The van der Waals surface area contributed by atoms with Crippen molar-refractivity contribution in [3.8, 4) is 17.2 Å². The smallest absolute Gasteiger partial charge is 0.203 e. The Labute approximate surface area is 217 Å². The van der Waals surface area contributed by atoms with Crippen molar-refractivity contribution < 1.29 is 19.3 Å². The minimum absolute atomic E-state index is 0.0405. The minimum Gasteiger partial charge on any atom is -0.489 e. The van der Waals surface area contributed by atoms with E-state index in [2.05, 4.69) is 41.5 Å². The molecule has 4 heteroatoms. The van der Waals surface area contributed by atoms with Crippen molar-refractivity contribution in [3.05, 3.63) is 17.7 Å². The van der Waals surface area contributed by atoms with E-state index < -0.39 is 0 Å². The van der Waals surface area contributed by atoms with Gasteiger partial charge in [-0.3, -0.25) is 0 Å². The summed E-state index contributed by atoms with van der Waals surface area (Å²) in [6, 6.07) is 3.88. The monoisotopic (exact) mass is 492 g/mol. The average Bonchev–Trinajstić information content (AvgIpc) is 2.89. The molecule has 0 aliphatic carbocycles. The van der Waals surface area contributed by atoms with Crippen molar-refractivity contribution in [2.45, 2.75) is 125 Å². The summed E-state index contributed by atoms with van der Waals surface area (Å²) >= 11 is 0. The lowest BCUT2D eigenvalue weighted by Crippen LogP contribution is -2.16. The summed E-state index contributed by atoms with van der Waals surface area (Å²) < 4.78 is 19.3. The van der Waals surface area contributed by atoms with Gasteiger partial charge in [0.2, 0.25) is 5.75 Å². The first kappa shape index (κ1) is 31.6. The fraction of sp³-hybridized carbons (Fsp3) is 0.806. The van der Waals surface area contributed by atoms with Gasteiger partial charge in [0.25, 0.3) is 0 Å². The zero-order valence-corrected chi connectivity index (χ0v) is 23.9. The van der Waals surface area contributed by atoms with Crippen LogP contribution in [0.25, 0.3) is 0 Å². The molecule has 1 aromatic carbocycles. The molecule has 0 amide bonds. The first-order valence-electron chi connectivity index (χ1n) is 14.7. The van der Waals surface area contributed by atoms with Gasteiger partial charge in [-0.05, 0) is 54.7 Å². The molecular formula is C31H56O4. The first-order valence-corrected chi connectivity index (χ1v) is 14.7. The maximum Gasteiger partial charge on any atom is 0.203 e. The largest absolute Gasteiger partial charge is 0.489 e. The summed E-state index contributed by atoms with van der Waals surface area (Å²) in [4.78, 5) is 0. The van der Waals surface area contributed by atoms with E-state index in [1.807, 2.05) is 12.1 Å². The number of hydrogen-bond donors (Lipinski definition) is 1. The number of ether oxygens (including phenoxy) is 3. The quantitative estimate of drug-likeness (QED) is 0.175. The molecule has 0 spiro atoms. The van der Waals surface area contributed by atoms with Crippen molar-refractivity contribution in [3.63, 3.8) is 0 Å². The van der Waals surface area contributed by atoms with Gasteiger partial charge in [-0.25, -0.2) is 0 Å². The number of hydrogen-bond acceptors (Lipinski definition) is 4. The third-order valence-electron chi connectivity index (χ3n) is 7.31. The Balaban J connectivity index is 3.16. The first-order chi connectivity index (χ1) is 17.1. The van der Waals surface area contributed by atoms with Crippen LogP contribution in [0.3, 0.4) is 0 Å². The Bertz CT molecular complexity index is 604. The molecule has 1 N–H and O–H groups in total. The molecule has 0 aliphatic heterocycles. The second-order valence-electron chi connectivity index (χ2n) is 10.3. The van der Waals surface area contributed by atoms with Gasteiger partial charge < -0.3 is 19.3 Å². The molecule has 1 rings (SSSR count). The fourth-order valence-electron chi connectivity index (χ4n) is 4.39. The third kappa shape index (κ3) is 12.4. The number of aliphatic hydroxyl groups is 1. The van der Waals surface area contributed by atoms with Crippen molar-refractivity contribution >= 4 is 0 Å². The number of benzene rings is 1. The minimum atomic E-state index is -0.0405. The second-order valence-corrected chi connectivity index (χ2v) is 10.3. The van der Waals surface area contributed by atoms with E-state index in [0.29, 0.717) is 54.8 Å². The van der Waals surface area contributed by atoms with E-state index in [-0.39, 0.29) is 6.61 Å². The Morgan fingerprint density at radius 3 is 1.29 bits per heavy atom. The molecule has 0 aliphatic rings. The van der Waals surface area contributed by atoms with Crippen molar-refractivity contribution in [2.24, 2.45) is 17.8 Å². The number of rotatable bonds is 22. The molecule has 3 atom stereocenters. The topological polar surface area (TPSA) is 47.9 Å². The summed E-state index contributed by atoms with van der Waals surface area (Å²) in [5.74, 6) is 3.72. The Hall–Kier alpha value is -1.42. The van der Waals surface area contributed by atoms with Crippen LogP contribution in [-0.2, 0) is 6.61 Å². The predicted octanol–water partition coefficient (Wildman–Crippen LogP) is 8.96. The molecule has 204 valence electrons. The van der Waals surface area contributed by atoms with Crippen molar-refractivity contribution in [1.29, 1.82) is 0 Å². The van der Waals surface area contributed by atoms with E-state index in [1.54, 1.807) is 0 Å². The van der Waals surface area contributed by atoms with Crippen LogP contribution in [0.1, 0.15) is 124 Å². The van der Waals surface area contributed by atoms with Crippen LogP contribution in [0.5, 0.6) is 17.2 Å². The summed E-state index contributed by atoms with van der Waals surface area (Å²) in [5.41, 5.74) is 0.809. The van der Waals surface area contributed by atoms with Crippen LogP contribution in [0.2, 0.25) is 0 Å². The molecule has 0 heterocycles. The molecule has 35 heavy (non-hydrogen) atoms. The van der Waals surface area contributed by atoms with E-state index in [4.69, 9.17) is 14.2 Å². The third-order valence-corrected chi connectivity index (χ3v) is 7.31. The molecule has 0 saturated carbocycles. The lowest BCUT2D eigenvalue weighted by molar-refractivity contribution is 0.179. The number of aliphatic hydroxyl groups excluding tert-OH is 1. The number of unbranched alkanes of at least 4 members (excludes halogenated alkanes) is 3. The normalized spacial score (nSPS) is 13.9. The van der Waals surface area contributed by atoms with Crippen molar-refractivity contribution in [1.82, 2.24) is 0 Å². The van der Waals surface area contributed by atoms with Gasteiger partial charge in [-0.15, -0.1) is 0 Å². The van der Waals surface area contributed by atoms with Gasteiger partial charge in [-0.1, -0.05) is 99.3 Å². The molecule has 0 radical (unpaired) electrons. The van der Waals surface area contributed by atoms with E-state index in [0.717, 1.165) is 24.8 Å². The average molecular weight is 493 g/mol. The molecule has 4 nitrogen and oxygen atoms in total. The van der Waals surface area contributed by atoms with Crippen LogP contribution < -0.4 is 14.2 Å². The lowest BCUT2D eigenvalue weighted by atomic mass is 10.00. The zero-order valence-electron chi connectivity index (χ0n) is 23.9. The van der Waals surface area contributed by atoms with Crippen LogP contribution in [0.4, 0.5) is 0 Å². The highest BCUT2D eigenvalue weighted by atomic mass is 16.5. The molecule has 0 saturated heterocycles. The highest BCUT2D eigenvalue weighted by Crippen LogP contribution is 2.40.